The quantitative estimate of drug-likeness (QED) is 0.396. The van der Waals surface area contributed by atoms with Crippen molar-refractivity contribution >= 4 is 17.8 Å². The highest BCUT2D eigenvalue weighted by Gasteiger charge is 2.25. The number of hydrogen-bond acceptors (Lipinski definition) is 7. The van der Waals surface area contributed by atoms with Gasteiger partial charge in [0.2, 0.25) is 0 Å². The van der Waals surface area contributed by atoms with Gasteiger partial charge in [-0.15, -0.1) is 0 Å². The number of benzene rings is 1. The van der Waals surface area contributed by atoms with Crippen LogP contribution in [0.15, 0.2) is 24.3 Å². The van der Waals surface area contributed by atoms with E-state index < -0.39 is 36.3 Å². The number of rotatable bonds is 12. The molecule has 0 aliphatic carbocycles. The fourth-order valence-electron chi connectivity index (χ4n) is 3.46. The topological polar surface area (TPSA) is 128 Å². The van der Waals surface area contributed by atoms with E-state index >= 15 is 0 Å². The average Bonchev–Trinajstić information content (AvgIpc) is 2.70. The van der Waals surface area contributed by atoms with Gasteiger partial charge in [0.05, 0.1) is 18.3 Å². The molecular weight excluding hydrogens is 428 g/mol. The Kier molecular flexibility index (Phi) is 11.5. The lowest BCUT2D eigenvalue weighted by Gasteiger charge is -2.30. The number of carbonyl (C=O) groups excluding carboxylic acids is 3. The van der Waals surface area contributed by atoms with Crippen molar-refractivity contribution in [2.75, 3.05) is 26.2 Å². The van der Waals surface area contributed by atoms with Gasteiger partial charge in [-0.25, -0.2) is 0 Å². The fraction of sp³-hybridized carbons (Fsp3) is 0.625. The highest BCUT2D eigenvalue weighted by atomic mass is 16.5. The van der Waals surface area contributed by atoms with Crippen LogP contribution >= 0.6 is 0 Å². The molecule has 1 aromatic carbocycles. The van der Waals surface area contributed by atoms with Crippen LogP contribution in [0.3, 0.4) is 0 Å². The number of carbonyl (C=O) groups is 3. The van der Waals surface area contributed by atoms with Gasteiger partial charge in [-0.3, -0.25) is 14.4 Å². The van der Waals surface area contributed by atoms with E-state index in [0.717, 1.165) is 0 Å². The van der Waals surface area contributed by atoms with E-state index in [9.17, 15) is 29.7 Å². The van der Waals surface area contributed by atoms with Crippen LogP contribution in [0.4, 0.5) is 0 Å². The third-order valence-electron chi connectivity index (χ3n) is 5.05. The summed E-state index contributed by atoms with van der Waals surface area (Å²) >= 11 is 0. The van der Waals surface area contributed by atoms with Gasteiger partial charge in [0, 0.05) is 50.1 Å². The molecule has 0 aliphatic heterocycles. The molecular formula is C24H38N2O7. The second-order valence-electron chi connectivity index (χ2n) is 8.84. The number of ether oxygens (including phenoxy) is 1. The van der Waals surface area contributed by atoms with Crippen LogP contribution in [-0.4, -0.2) is 93.5 Å². The maximum Gasteiger partial charge on any atom is 0.302 e. The summed E-state index contributed by atoms with van der Waals surface area (Å²) in [6.07, 6.45) is -2.75. The lowest BCUT2D eigenvalue weighted by Crippen LogP contribution is -2.42. The van der Waals surface area contributed by atoms with Crippen molar-refractivity contribution in [1.82, 2.24) is 9.80 Å². The summed E-state index contributed by atoms with van der Waals surface area (Å²) in [5, 5.41) is 29.4. The Hall–Kier alpha value is -2.49. The number of hydrogen-bond donors (Lipinski definition) is 3. The fourth-order valence-corrected chi connectivity index (χ4v) is 3.46. The first-order valence-electron chi connectivity index (χ1n) is 11.2. The van der Waals surface area contributed by atoms with Crippen molar-refractivity contribution in [1.29, 1.82) is 0 Å². The Morgan fingerprint density at radius 1 is 0.788 bits per heavy atom. The lowest BCUT2D eigenvalue weighted by atomic mass is 10.0. The van der Waals surface area contributed by atoms with Crippen LogP contribution in [0.25, 0.3) is 0 Å². The van der Waals surface area contributed by atoms with Gasteiger partial charge in [-0.05, 0) is 45.9 Å². The number of esters is 1. The molecule has 186 valence electrons. The highest BCUT2D eigenvalue weighted by molar-refractivity contribution is 5.99. The molecule has 0 saturated carbocycles. The smallest absolute Gasteiger partial charge is 0.302 e. The van der Waals surface area contributed by atoms with Crippen LogP contribution in [0.1, 0.15) is 62.3 Å². The third kappa shape index (κ3) is 9.89. The molecule has 0 heterocycles. The van der Waals surface area contributed by atoms with Crippen LogP contribution in [0, 0.1) is 5.92 Å². The van der Waals surface area contributed by atoms with Gasteiger partial charge >= 0.3 is 5.97 Å². The van der Waals surface area contributed by atoms with Crippen molar-refractivity contribution < 1.29 is 34.4 Å². The number of aliphatic hydroxyl groups is 3. The Balaban J connectivity index is 3.13. The Morgan fingerprint density at radius 3 is 1.55 bits per heavy atom. The molecule has 5 unspecified atom stereocenters. The first-order chi connectivity index (χ1) is 15.3. The van der Waals surface area contributed by atoms with Gasteiger partial charge in [-0.1, -0.05) is 13.0 Å². The molecule has 1 rings (SSSR count). The molecule has 0 aromatic heterocycles. The maximum absolute atomic E-state index is 13.3. The summed E-state index contributed by atoms with van der Waals surface area (Å²) in [5.74, 6) is -1.38. The molecule has 0 aliphatic rings. The van der Waals surface area contributed by atoms with E-state index in [4.69, 9.17) is 4.74 Å². The van der Waals surface area contributed by atoms with E-state index in [1.807, 2.05) is 6.92 Å². The minimum Gasteiger partial charge on any atom is -0.463 e. The molecule has 1 aromatic rings. The summed E-state index contributed by atoms with van der Waals surface area (Å²) in [6.45, 7) is 9.99. The van der Waals surface area contributed by atoms with Crippen molar-refractivity contribution in [2.45, 2.75) is 66.0 Å². The monoisotopic (exact) mass is 466 g/mol. The maximum atomic E-state index is 13.3. The van der Waals surface area contributed by atoms with Crippen molar-refractivity contribution in [2.24, 2.45) is 5.92 Å². The van der Waals surface area contributed by atoms with Crippen LogP contribution in [-0.2, 0) is 9.53 Å². The summed E-state index contributed by atoms with van der Waals surface area (Å²) in [7, 11) is 0. The minimum atomic E-state index is -0.778. The predicted octanol–water partition coefficient (Wildman–Crippen LogP) is 1.30. The zero-order valence-electron chi connectivity index (χ0n) is 20.4. The van der Waals surface area contributed by atoms with E-state index in [2.05, 4.69) is 0 Å². The minimum absolute atomic E-state index is 0.0433. The highest BCUT2D eigenvalue weighted by Crippen LogP contribution is 2.16. The molecule has 2 amide bonds. The largest absolute Gasteiger partial charge is 0.463 e. The van der Waals surface area contributed by atoms with Crippen LogP contribution < -0.4 is 0 Å². The SMILES string of the molecule is CC(=O)OC(C)C(C)CN(CC(C)O)C(=O)c1cccc(C(=O)N(CC(C)O)CC(C)O)c1. The average molecular weight is 467 g/mol. The molecule has 3 N–H and O–H groups in total. The molecule has 0 radical (unpaired) electrons. The molecule has 9 nitrogen and oxygen atoms in total. The Bertz CT molecular complexity index is 785. The van der Waals surface area contributed by atoms with E-state index in [-0.39, 0.29) is 49.1 Å². The first-order valence-corrected chi connectivity index (χ1v) is 11.2. The second kappa shape index (κ2) is 13.3. The molecule has 0 spiro atoms. The zero-order valence-corrected chi connectivity index (χ0v) is 20.4. The normalized spacial score (nSPS) is 15.7. The van der Waals surface area contributed by atoms with Crippen molar-refractivity contribution in [3.05, 3.63) is 35.4 Å². The van der Waals surface area contributed by atoms with Crippen molar-refractivity contribution in [3.63, 3.8) is 0 Å². The standard InChI is InChI=1S/C24H38N2O7/c1-15(19(5)33-20(6)30)11-25(12-16(2)27)23(31)21-8-7-9-22(10-21)24(32)26(13-17(3)28)14-18(4)29/h7-10,15-19,27-29H,11-14H2,1-6H3. The van der Waals surface area contributed by atoms with Crippen molar-refractivity contribution in [3.8, 4) is 0 Å². The number of aliphatic hydroxyl groups excluding tert-OH is 3. The summed E-state index contributed by atoms with van der Waals surface area (Å²) in [5.41, 5.74) is 0.517. The Labute approximate surface area is 196 Å². The molecule has 5 atom stereocenters. The van der Waals surface area contributed by atoms with Gasteiger partial charge in [-0.2, -0.15) is 0 Å². The number of amides is 2. The van der Waals surface area contributed by atoms with Gasteiger partial charge in [0.1, 0.15) is 6.10 Å². The molecule has 0 fully saturated rings. The first kappa shape index (κ1) is 28.5. The zero-order chi connectivity index (χ0) is 25.3. The number of nitrogens with zero attached hydrogens (tertiary/aromatic N) is 2. The molecule has 0 saturated heterocycles. The van der Waals surface area contributed by atoms with E-state index in [1.54, 1.807) is 45.9 Å². The lowest BCUT2D eigenvalue weighted by molar-refractivity contribution is -0.147. The van der Waals surface area contributed by atoms with Gasteiger partial charge < -0.3 is 29.9 Å². The summed E-state index contributed by atoms with van der Waals surface area (Å²) in [6, 6.07) is 6.22. The molecule has 0 bridgehead atoms. The van der Waals surface area contributed by atoms with E-state index in [0.29, 0.717) is 0 Å². The predicted molar refractivity (Wildman–Crippen MR) is 124 cm³/mol. The van der Waals surface area contributed by atoms with Gasteiger partial charge in [0.25, 0.3) is 11.8 Å². The second-order valence-corrected chi connectivity index (χ2v) is 8.84. The third-order valence-corrected chi connectivity index (χ3v) is 5.05. The Morgan fingerprint density at radius 2 is 1.18 bits per heavy atom. The van der Waals surface area contributed by atoms with E-state index in [1.165, 1.54) is 22.8 Å². The summed E-state index contributed by atoms with van der Waals surface area (Å²) < 4.78 is 5.21. The molecule has 33 heavy (non-hydrogen) atoms. The molecule has 9 heteroatoms. The van der Waals surface area contributed by atoms with Gasteiger partial charge in [0.15, 0.2) is 0 Å². The van der Waals surface area contributed by atoms with Crippen LogP contribution in [0.5, 0.6) is 0 Å². The van der Waals surface area contributed by atoms with Crippen LogP contribution in [0.2, 0.25) is 0 Å². The summed E-state index contributed by atoms with van der Waals surface area (Å²) in [4.78, 5) is 40.3.